The number of likely N-dealkylation sites (tertiary alicyclic amines) is 2. The molecular weight excluding hydrogens is 330 g/mol. The van der Waals surface area contributed by atoms with Crippen molar-refractivity contribution in [1.82, 2.24) is 9.80 Å². The van der Waals surface area contributed by atoms with Gasteiger partial charge in [0.25, 0.3) is 0 Å². The number of nitrogens with one attached hydrogen (secondary N) is 1. The normalized spacial score (nSPS) is 27.2. The number of aliphatic hydroxyl groups is 1. The summed E-state index contributed by atoms with van der Waals surface area (Å²) in [4.78, 5) is 16.3. The summed E-state index contributed by atoms with van der Waals surface area (Å²) in [6.45, 7) is 6.23. The third-order valence-electron chi connectivity index (χ3n) is 5.80. The molecule has 3 aliphatic rings. The summed E-state index contributed by atoms with van der Waals surface area (Å²) in [6.07, 6.45) is 4.14. The van der Waals surface area contributed by atoms with E-state index in [0.717, 1.165) is 49.5 Å². The van der Waals surface area contributed by atoms with Gasteiger partial charge in [-0.1, -0.05) is 0 Å². The number of aliphatic hydroxyl groups excluding tert-OH is 1. The van der Waals surface area contributed by atoms with Crippen LogP contribution in [-0.4, -0.2) is 72.3 Å². The highest BCUT2D eigenvalue weighted by Crippen LogP contribution is 2.28. The van der Waals surface area contributed by atoms with E-state index in [-0.39, 0.29) is 12.0 Å². The minimum Gasteiger partial charge on any atom is -0.488 e. The van der Waals surface area contributed by atoms with E-state index in [9.17, 15) is 9.90 Å². The second-order valence-corrected chi connectivity index (χ2v) is 7.73. The Morgan fingerprint density at radius 3 is 2.73 bits per heavy atom. The number of carbonyl (C=O) groups is 1. The zero-order chi connectivity index (χ0) is 17.9. The quantitative estimate of drug-likeness (QED) is 0.834. The zero-order valence-corrected chi connectivity index (χ0v) is 15.3. The molecule has 2 saturated heterocycles. The van der Waals surface area contributed by atoms with Gasteiger partial charge in [-0.25, -0.2) is 0 Å². The van der Waals surface area contributed by atoms with Crippen molar-refractivity contribution < 1.29 is 14.6 Å². The number of rotatable bonds is 5. The van der Waals surface area contributed by atoms with E-state index in [0.29, 0.717) is 13.0 Å². The lowest BCUT2D eigenvalue weighted by Gasteiger charge is -2.36. The van der Waals surface area contributed by atoms with Gasteiger partial charge in [-0.15, -0.1) is 0 Å². The molecule has 0 radical (unpaired) electrons. The third kappa shape index (κ3) is 4.19. The number of β-amino-alcohol motifs (C(OH)–C–C–N with tert-alkyl or cyclic N) is 1. The number of carbonyl (C=O) groups excluding carboxylic acids is 1. The van der Waals surface area contributed by atoms with Crippen molar-refractivity contribution in [2.24, 2.45) is 0 Å². The van der Waals surface area contributed by atoms with Crippen LogP contribution < -0.4 is 10.1 Å². The van der Waals surface area contributed by atoms with Crippen LogP contribution in [0.1, 0.15) is 31.2 Å². The highest BCUT2D eigenvalue weighted by atomic mass is 16.5. The molecule has 6 heteroatoms. The van der Waals surface area contributed by atoms with Crippen LogP contribution in [0.2, 0.25) is 0 Å². The molecule has 0 aromatic heterocycles. The molecule has 1 aromatic carbocycles. The molecule has 0 aliphatic carbocycles. The fourth-order valence-electron chi connectivity index (χ4n) is 4.21. The van der Waals surface area contributed by atoms with Crippen molar-refractivity contribution >= 4 is 11.6 Å². The molecule has 0 saturated carbocycles. The summed E-state index contributed by atoms with van der Waals surface area (Å²) >= 11 is 0. The van der Waals surface area contributed by atoms with Crippen molar-refractivity contribution in [3.63, 3.8) is 0 Å². The smallest absolute Gasteiger partial charge is 0.224 e. The highest BCUT2D eigenvalue weighted by molar-refractivity contribution is 5.93. The maximum atomic E-state index is 11.5. The van der Waals surface area contributed by atoms with Crippen LogP contribution in [0.3, 0.4) is 0 Å². The molecule has 6 nitrogen and oxygen atoms in total. The Balaban J connectivity index is 1.28. The molecular formula is C20H29N3O3. The highest BCUT2D eigenvalue weighted by Gasteiger charge is 2.29. The lowest BCUT2D eigenvalue weighted by Crippen LogP contribution is -2.50. The Labute approximate surface area is 155 Å². The van der Waals surface area contributed by atoms with E-state index in [1.807, 2.05) is 18.2 Å². The first-order chi connectivity index (χ1) is 12.7. The van der Waals surface area contributed by atoms with Crippen molar-refractivity contribution in [2.45, 2.75) is 44.3 Å². The summed E-state index contributed by atoms with van der Waals surface area (Å²) in [6, 6.07) is 5.79. The number of nitrogens with zero attached hydrogens (tertiary/aromatic N) is 2. The van der Waals surface area contributed by atoms with E-state index in [1.165, 1.54) is 25.9 Å². The van der Waals surface area contributed by atoms with Gasteiger partial charge in [-0.3, -0.25) is 9.69 Å². The first kappa shape index (κ1) is 17.8. The number of aryl methyl sites for hydroxylation is 1. The van der Waals surface area contributed by atoms with Gasteiger partial charge in [0.2, 0.25) is 5.91 Å². The van der Waals surface area contributed by atoms with Crippen LogP contribution in [0, 0.1) is 0 Å². The number of hydrogen-bond donors (Lipinski definition) is 2. The Bertz CT molecular complexity index is 645. The summed E-state index contributed by atoms with van der Waals surface area (Å²) in [5.74, 6) is 0.859. The number of amides is 1. The lowest BCUT2D eigenvalue weighted by atomic mass is 10.0. The third-order valence-corrected chi connectivity index (χ3v) is 5.80. The summed E-state index contributed by atoms with van der Waals surface area (Å²) < 4.78 is 6.09. The monoisotopic (exact) mass is 359 g/mol. The second kappa shape index (κ2) is 7.94. The number of piperidine rings is 1. The molecule has 1 amide bonds. The molecule has 2 atom stereocenters. The van der Waals surface area contributed by atoms with Crippen LogP contribution in [0.4, 0.5) is 5.69 Å². The van der Waals surface area contributed by atoms with Gasteiger partial charge in [0.15, 0.2) is 0 Å². The van der Waals surface area contributed by atoms with Gasteiger partial charge in [-0.05, 0) is 62.5 Å². The number of hydrogen-bond acceptors (Lipinski definition) is 5. The largest absolute Gasteiger partial charge is 0.488 e. The van der Waals surface area contributed by atoms with Crippen LogP contribution in [0.15, 0.2) is 18.2 Å². The van der Waals surface area contributed by atoms with Crippen LogP contribution in [-0.2, 0) is 11.2 Å². The molecule has 2 fully saturated rings. The summed E-state index contributed by atoms with van der Waals surface area (Å²) in [5.41, 5.74) is 1.99. The fraction of sp³-hybridized carbons (Fsp3) is 0.650. The van der Waals surface area contributed by atoms with Gasteiger partial charge in [0.1, 0.15) is 18.0 Å². The van der Waals surface area contributed by atoms with Crippen LogP contribution in [0.5, 0.6) is 5.75 Å². The molecule has 2 N–H and O–H groups in total. The minimum absolute atomic E-state index is 0.0721. The molecule has 0 unspecified atom stereocenters. The van der Waals surface area contributed by atoms with Gasteiger partial charge in [-0.2, -0.15) is 0 Å². The van der Waals surface area contributed by atoms with Crippen molar-refractivity contribution in [2.75, 3.05) is 44.6 Å². The molecule has 0 spiro atoms. The number of ether oxygens (including phenoxy) is 1. The van der Waals surface area contributed by atoms with Gasteiger partial charge in [0.05, 0.1) is 0 Å². The van der Waals surface area contributed by atoms with Gasteiger partial charge >= 0.3 is 0 Å². The van der Waals surface area contributed by atoms with E-state index in [2.05, 4.69) is 15.1 Å². The average Bonchev–Trinajstić information content (AvgIpc) is 3.16. The van der Waals surface area contributed by atoms with E-state index in [4.69, 9.17) is 4.74 Å². The van der Waals surface area contributed by atoms with E-state index < -0.39 is 6.10 Å². The van der Waals surface area contributed by atoms with Crippen molar-refractivity contribution in [1.29, 1.82) is 0 Å². The predicted octanol–water partition coefficient (Wildman–Crippen LogP) is 1.48. The molecule has 4 rings (SSSR count). The molecule has 26 heavy (non-hydrogen) atoms. The summed E-state index contributed by atoms with van der Waals surface area (Å²) in [7, 11) is 0. The number of fused-ring (bicyclic) bond motifs is 1. The molecule has 3 aliphatic heterocycles. The SMILES string of the molecule is O=C1CCc2cc(O[C@@H]3CCN(CCN4CCCC4)C[C@H]3O)ccc2N1. The predicted molar refractivity (Wildman–Crippen MR) is 101 cm³/mol. The maximum absolute atomic E-state index is 11.5. The number of benzene rings is 1. The first-order valence-corrected chi connectivity index (χ1v) is 9.89. The fourth-order valence-corrected chi connectivity index (χ4v) is 4.21. The Morgan fingerprint density at radius 1 is 1.12 bits per heavy atom. The average molecular weight is 359 g/mol. The summed E-state index contributed by atoms with van der Waals surface area (Å²) in [5, 5.41) is 13.4. The van der Waals surface area contributed by atoms with Crippen molar-refractivity contribution in [3.8, 4) is 5.75 Å². The first-order valence-electron chi connectivity index (χ1n) is 9.89. The minimum atomic E-state index is -0.460. The van der Waals surface area contributed by atoms with Crippen LogP contribution >= 0.6 is 0 Å². The Morgan fingerprint density at radius 2 is 1.92 bits per heavy atom. The van der Waals surface area contributed by atoms with E-state index in [1.54, 1.807) is 0 Å². The standard InChI is InChI=1S/C20H29N3O3/c24-18-14-23(12-11-22-8-1-2-9-22)10-7-19(18)26-16-4-5-17-15(13-16)3-6-20(25)21-17/h4-5,13,18-19,24H,1-3,6-12,14H2,(H,21,25)/t18-,19-/m1/s1. The van der Waals surface area contributed by atoms with Crippen LogP contribution in [0.25, 0.3) is 0 Å². The second-order valence-electron chi connectivity index (χ2n) is 7.73. The lowest BCUT2D eigenvalue weighted by molar-refractivity contribution is -0.116. The molecule has 0 bridgehead atoms. The molecule has 142 valence electrons. The van der Waals surface area contributed by atoms with Gasteiger partial charge in [0, 0.05) is 38.3 Å². The Hall–Kier alpha value is -1.63. The number of anilines is 1. The molecule has 3 heterocycles. The zero-order valence-electron chi connectivity index (χ0n) is 15.3. The van der Waals surface area contributed by atoms with Gasteiger partial charge < -0.3 is 20.1 Å². The maximum Gasteiger partial charge on any atom is 0.224 e. The topological polar surface area (TPSA) is 65.0 Å². The molecule has 1 aromatic rings. The van der Waals surface area contributed by atoms with E-state index >= 15 is 0 Å². The Kier molecular flexibility index (Phi) is 5.43. The van der Waals surface area contributed by atoms with Crippen molar-refractivity contribution in [3.05, 3.63) is 23.8 Å².